The van der Waals surface area contributed by atoms with Crippen LogP contribution in [0, 0.1) is 0 Å². The molecule has 2 heterocycles. The molecule has 0 unspecified atom stereocenters. The molecule has 4 aromatic rings. The molecule has 152 valence electrons. The molecule has 7 nitrogen and oxygen atoms in total. The number of aromatic nitrogens is 3. The van der Waals surface area contributed by atoms with E-state index < -0.39 is 0 Å². The summed E-state index contributed by atoms with van der Waals surface area (Å²) < 4.78 is 6.91. The second kappa shape index (κ2) is 9.15. The number of rotatable bonds is 7. The number of amides is 1. The third kappa shape index (κ3) is 4.90. The van der Waals surface area contributed by atoms with Crippen molar-refractivity contribution < 1.29 is 9.21 Å². The van der Waals surface area contributed by atoms with Gasteiger partial charge in [0, 0.05) is 23.2 Å². The van der Waals surface area contributed by atoms with E-state index in [9.17, 15) is 9.59 Å². The summed E-state index contributed by atoms with van der Waals surface area (Å²) in [4.78, 5) is 28.5. The lowest BCUT2D eigenvalue weighted by Crippen LogP contribution is -2.32. The lowest BCUT2D eigenvalue weighted by atomic mass is 10.1. The molecule has 0 aliphatic carbocycles. The first-order valence-electron chi connectivity index (χ1n) is 9.18. The van der Waals surface area contributed by atoms with Gasteiger partial charge in [0.1, 0.15) is 5.52 Å². The summed E-state index contributed by atoms with van der Waals surface area (Å²) in [6.45, 7) is 0.545. The number of fused-ring (bicyclic) bond motifs is 1. The molecule has 2 aromatic carbocycles. The standard InChI is InChI=1S/C21H17ClN4O3S/c22-15-7-5-14(6-8-15)16-9-10-20(28)26(25-16)12-11-23-19(27)13-30-21-24-17-3-1-2-4-18(17)29-21/h1-10H,11-13H2,(H,23,27). The predicted octanol–water partition coefficient (Wildman–Crippen LogP) is 3.61. The van der Waals surface area contributed by atoms with E-state index >= 15 is 0 Å². The Bertz CT molecular complexity index is 1200. The molecule has 0 saturated carbocycles. The van der Waals surface area contributed by atoms with Crippen molar-refractivity contribution in [2.24, 2.45) is 0 Å². The summed E-state index contributed by atoms with van der Waals surface area (Å²) in [5.41, 5.74) is 2.72. The van der Waals surface area contributed by atoms with Crippen molar-refractivity contribution in [1.82, 2.24) is 20.1 Å². The smallest absolute Gasteiger partial charge is 0.266 e. The topological polar surface area (TPSA) is 90.0 Å². The molecule has 4 rings (SSSR count). The van der Waals surface area contributed by atoms with Crippen molar-refractivity contribution in [3.8, 4) is 11.3 Å². The molecule has 0 atom stereocenters. The first-order chi connectivity index (χ1) is 14.6. The lowest BCUT2D eigenvalue weighted by molar-refractivity contribution is -0.118. The van der Waals surface area contributed by atoms with Crippen molar-refractivity contribution in [1.29, 1.82) is 0 Å². The van der Waals surface area contributed by atoms with Crippen molar-refractivity contribution in [3.63, 3.8) is 0 Å². The molecule has 0 radical (unpaired) electrons. The molecule has 0 spiro atoms. The number of nitrogens with one attached hydrogen (secondary N) is 1. The minimum Gasteiger partial charge on any atom is -0.431 e. The van der Waals surface area contributed by atoms with Crippen molar-refractivity contribution >= 4 is 40.4 Å². The first kappa shape index (κ1) is 20.2. The number of benzene rings is 2. The van der Waals surface area contributed by atoms with E-state index in [1.165, 1.54) is 22.5 Å². The largest absolute Gasteiger partial charge is 0.431 e. The molecule has 1 N–H and O–H groups in total. The molecule has 2 aromatic heterocycles. The normalized spacial score (nSPS) is 11.0. The van der Waals surface area contributed by atoms with Crippen LogP contribution in [0.5, 0.6) is 0 Å². The van der Waals surface area contributed by atoms with Crippen LogP contribution >= 0.6 is 23.4 Å². The molecule has 0 bridgehead atoms. The van der Waals surface area contributed by atoms with Gasteiger partial charge in [-0.3, -0.25) is 9.59 Å². The predicted molar refractivity (Wildman–Crippen MR) is 117 cm³/mol. The minimum absolute atomic E-state index is 0.167. The minimum atomic E-state index is -0.234. The summed E-state index contributed by atoms with van der Waals surface area (Å²) >= 11 is 7.13. The Morgan fingerprint density at radius 2 is 1.90 bits per heavy atom. The van der Waals surface area contributed by atoms with Gasteiger partial charge in [-0.05, 0) is 30.3 Å². The number of carbonyl (C=O) groups is 1. The van der Waals surface area contributed by atoms with E-state index in [4.69, 9.17) is 16.0 Å². The summed E-state index contributed by atoms with van der Waals surface area (Å²) in [5, 5.41) is 8.22. The van der Waals surface area contributed by atoms with Gasteiger partial charge < -0.3 is 9.73 Å². The number of nitrogens with zero attached hydrogens (tertiary/aromatic N) is 3. The van der Waals surface area contributed by atoms with Crippen molar-refractivity contribution in [2.75, 3.05) is 12.3 Å². The first-order valence-corrected chi connectivity index (χ1v) is 10.5. The SMILES string of the molecule is O=C(CSc1nc2ccccc2o1)NCCn1nc(-c2ccc(Cl)cc2)ccc1=O. The van der Waals surface area contributed by atoms with Gasteiger partial charge >= 0.3 is 0 Å². The number of thioether (sulfide) groups is 1. The Kier molecular flexibility index (Phi) is 6.15. The fourth-order valence-electron chi connectivity index (χ4n) is 2.78. The highest BCUT2D eigenvalue weighted by Crippen LogP contribution is 2.22. The zero-order chi connectivity index (χ0) is 20.9. The molecular formula is C21H17ClN4O3S. The van der Waals surface area contributed by atoms with Crippen LogP contribution in [0.3, 0.4) is 0 Å². The van der Waals surface area contributed by atoms with Crippen LogP contribution in [0.4, 0.5) is 0 Å². The van der Waals surface area contributed by atoms with Gasteiger partial charge in [0.15, 0.2) is 5.58 Å². The highest BCUT2D eigenvalue weighted by atomic mass is 35.5. The van der Waals surface area contributed by atoms with E-state index in [2.05, 4.69) is 15.4 Å². The van der Waals surface area contributed by atoms with E-state index in [-0.39, 0.29) is 30.3 Å². The third-order valence-corrected chi connectivity index (χ3v) is 5.33. The average molecular weight is 441 g/mol. The molecule has 0 saturated heterocycles. The summed E-state index contributed by atoms with van der Waals surface area (Å²) in [7, 11) is 0. The van der Waals surface area contributed by atoms with Gasteiger partial charge in [-0.1, -0.05) is 47.6 Å². The third-order valence-electron chi connectivity index (χ3n) is 4.25. The van der Waals surface area contributed by atoms with E-state index in [1.54, 1.807) is 18.2 Å². The zero-order valence-electron chi connectivity index (χ0n) is 15.7. The van der Waals surface area contributed by atoms with Crippen molar-refractivity contribution in [3.05, 3.63) is 76.0 Å². The quantitative estimate of drug-likeness (QED) is 0.441. The number of halogens is 1. The fourth-order valence-corrected chi connectivity index (χ4v) is 3.57. The Hall–Kier alpha value is -3.10. The Labute approximate surface area is 181 Å². The average Bonchev–Trinajstić information content (AvgIpc) is 3.17. The molecule has 9 heteroatoms. The van der Waals surface area contributed by atoms with E-state index in [0.29, 0.717) is 21.5 Å². The summed E-state index contributed by atoms with van der Waals surface area (Å²) in [6.07, 6.45) is 0. The number of oxazole rings is 1. The Morgan fingerprint density at radius 3 is 2.70 bits per heavy atom. The van der Waals surface area contributed by atoms with Crippen LogP contribution in [0.15, 0.2) is 75.1 Å². The van der Waals surface area contributed by atoms with Crippen LogP contribution in [0.2, 0.25) is 5.02 Å². The van der Waals surface area contributed by atoms with Crippen LogP contribution in [-0.2, 0) is 11.3 Å². The summed E-state index contributed by atoms with van der Waals surface area (Å²) in [5.74, 6) is -0.0101. The maximum Gasteiger partial charge on any atom is 0.266 e. The van der Waals surface area contributed by atoms with Gasteiger partial charge in [-0.25, -0.2) is 9.67 Å². The molecule has 0 aliphatic heterocycles. The Balaban J connectivity index is 1.31. The van der Waals surface area contributed by atoms with Gasteiger partial charge in [0.2, 0.25) is 5.91 Å². The van der Waals surface area contributed by atoms with Gasteiger partial charge in [-0.15, -0.1) is 0 Å². The maximum atomic E-state index is 12.1. The molecule has 30 heavy (non-hydrogen) atoms. The lowest BCUT2D eigenvalue weighted by Gasteiger charge is -2.08. The maximum absolute atomic E-state index is 12.1. The monoisotopic (exact) mass is 440 g/mol. The van der Waals surface area contributed by atoms with Crippen LogP contribution < -0.4 is 10.9 Å². The molecule has 0 aliphatic rings. The molecule has 1 amide bonds. The molecule has 0 fully saturated rings. The van der Waals surface area contributed by atoms with Gasteiger partial charge in [-0.2, -0.15) is 5.10 Å². The fraction of sp³-hybridized carbons (Fsp3) is 0.143. The van der Waals surface area contributed by atoms with Gasteiger partial charge in [0.25, 0.3) is 10.8 Å². The van der Waals surface area contributed by atoms with Gasteiger partial charge in [0.05, 0.1) is 18.0 Å². The second-order valence-corrected chi connectivity index (χ2v) is 7.74. The second-order valence-electron chi connectivity index (χ2n) is 6.37. The van der Waals surface area contributed by atoms with Crippen molar-refractivity contribution in [2.45, 2.75) is 11.8 Å². The highest BCUT2D eigenvalue weighted by Gasteiger charge is 2.09. The number of hydrogen-bond donors (Lipinski definition) is 1. The highest BCUT2D eigenvalue weighted by molar-refractivity contribution is 7.99. The summed E-state index contributed by atoms with van der Waals surface area (Å²) in [6, 6.07) is 17.8. The van der Waals surface area contributed by atoms with E-state index in [1.807, 2.05) is 36.4 Å². The zero-order valence-corrected chi connectivity index (χ0v) is 17.3. The van der Waals surface area contributed by atoms with Crippen LogP contribution in [0.1, 0.15) is 0 Å². The number of para-hydroxylation sites is 2. The number of hydrogen-bond acceptors (Lipinski definition) is 6. The Morgan fingerprint density at radius 1 is 1.10 bits per heavy atom. The van der Waals surface area contributed by atoms with Crippen LogP contribution in [-0.4, -0.2) is 33.0 Å². The molecular weight excluding hydrogens is 424 g/mol. The number of carbonyl (C=O) groups excluding carboxylic acids is 1. The van der Waals surface area contributed by atoms with E-state index in [0.717, 1.165) is 11.1 Å². The van der Waals surface area contributed by atoms with Crippen LogP contribution in [0.25, 0.3) is 22.4 Å².